The van der Waals surface area contributed by atoms with E-state index in [0.29, 0.717) is 11.2 Å². The molecule has 74 valence electrons. The van der Waals surface area contributed by atoms with E-state index in [1.807, 2.05) is 4.90 Å². The Balaban J connectivity index is 1.97. The number of rotatable bonds is 1. The van der Waals surface area contributed by atoms with Gasteiger partial charge in [-0.3, -0.25) is 4.79 Å². The van der Waals surface area contributed by atoms with Gasteiger partial charge in [0.25, 0.3) is 5.91 Å². The Morgan fingerprint density at radius 1 is 1.50 bits per heavy atom. The van der Waals surface area contributed by atoms with Crippen molar-refractivity contribution in [2.45, 2.75) is 25.3 Å². The molecule has 0 spiro atoms. The summed E-state index contributed by atoms with van der Waals surface area (Å²) in [5.74, 6) is 0.142. The lowest BCUT2D eigenvalue weighted by molar-refractivity contribution is 0.0731. The minimum absolute atomic E-state index is 0.142. The van der Waals surface area contributed by atoms with E-state index in [9.17, 15) is 4.79 Å². The number of anilines is 1. The highest BCUT2D eigenvalue weighted by Crippen LogP contribution is 2.33. The number of nitrogen functional groups attached to an aromatic ring is 1. The van der Waals surface area contributed by atoms with E-state index in [4.69, 9.17) is 5.73 Å². The molecule has 2 aliphatic rings. The van der Waals surface area contributed by atoms with E-state index in [-0.39, 0.29) is 5.91 Å². The van der Waals surface area contributed by atoms with Crippen LogP contribution < -0.4 is 5.73 Å². The van der Waals surface area contributed by atoms with Crippen LogP contribution in [0.5, 0.6) is 0 Å². The lowest BCUT2D eigenvalue weighted by Crippen LogP contribution is -2.38. The molecular formula is C9H11N3OS. The molecule has 14 heavy (non-hydrogen) atoms. The topological polar surface area (TPSA) is 59.2 Å². The van der Waals surface area contributed by atoms with E-state index in [1.54, 1.807) is 0 Å². The number of hydrogen-bond acceptors (Lipinski definition) is 4. The molecule has 1 aliphatic heterocycles. The largest absolute Gasteiger partial charge is 0.375 e. The molecule has 1 amide bonds. The first-order valence-corrected chi connectivity index (χ1v) is 5.63. The van der Waals surface area contributed by atoms with Crippen molar-refractivity contribution in [3.05, 3.63) is 10.6 Å². The number of nitrogens with two attached hydrogens (primary N) is 1. The van der Waals surface area contributed by atoms with Crippen molar-refractivity contribution >= 4 is 22.4 Å². The Labute approximate surface area is 85.7 Å². The second kappa shape index (κ2) is 2.70. The molecule has 0 radical (unpaired) electrons. The van der Waals surface area contributed by atoms with E-state index < -0.39 is 0 Å². The summed E-state index contributed by atoms with van der Waals surface area (Å²) < 4.78 is 0. The SMILES string of the molecule is Nc1nc2c(s1)C(=O)N(C1CC1)CC2. The van der Waals surface area contributed by atoms with Crippen molar-refractivity contribution in [2.24, 2.45) is 0 Å². The lowest BCUT2D eigenvalue weighted by Gasteiger charge is -2.25. The molecule has 3 rings (SSSR count). The fraction of sp³-hybridized carbons (Fsp3) is 0.556. The molecule has 5 heteroatoms. The fourth-order valence-electron chi connectivity index (χ4n) is 1.90. The highest BCUT2D eigenvalue weighted by molar-refractivity contribution is 7.17. The Bertz CT molecular complexity index is 397. The molecular weight excluding hydrogens is 198 g/mol. The standard InChI is InChI=1S/C9H11N3OS/c10-9-11-6-3-4-12(5-1-2-5)8(13)7(6)14-9/h5H,1-4H2,(H2,10,11). The van der Waals surface area contributed by atoms with E-state index in [1.165, 1.54) is 11.3 Å². The van der Waals surface area contributed by atoms with Crippen LogP contribution in [-0.2, 0) is 6.42 Å². The highest BCUT2D eigenvalue weighted by Gasteiger charge is 2.37. The summed E-state index contributed by atoms with van der Waals surface area (Å²) in [7, 11) is 0. The van der Waals surface area contributed by atoms with Gasteiger partial charge in [0.1, 0.15) is 4.88 Å². The Kier molecular flexibility index (Phi) is 1.58. The molecule has 0 aromatic carbocycles. The quantitative estimate of drug-likeness (QED) is 0.747. The van der Waals surface area contributed by atoms with E-state index in [2.05, 4.69) is 4.98 Å². The minimum atomic E-state index is 0.142. The van der Waals surface area contributed by atoms with Gasteiger partial charge in [-0.05, 0) is 12.8 Å². The predicted octanol–water partition coefficient (Wildman–Crippen LogP) is 0.886. The number of nitrogens with zero attached hydrogens (tertiary/aromatic N) is 2. The molecule has 0 saturated heterocycles. The van der Waals surface area contributed by atoms with Gasteiger partial charge < -0.3 is 10.6 Å². The molecule has 1 aromatic rings. The number of carbonyl (C=O) groups excluding carboxylic acids is 1. The maximum absolute atomic E-state index is 12.0. The zero-order valence-electron chi connectivity index (χ0n) is 7.69. The smallest absolute Gasteiger partial charge is 0.266 e. The van der Waals surface area contributed by atoms with Crippen molar-refractivity contribution < 1.29 is 4.79 Å². The third-order valence-corrected chi connectivity index (χ3v) is 3.66. The molecule has 2 heterocycles. The summed E-state index contributed by atoms with van der Waals surface area (Å²) in [5, 5.41) is 0.515. The number of thiazole rings is 1. The molecule has 2 N–H and O–H groups in total. The van der Waals surface area contributed by atoms with Gasteiger partial charge in [0, 0.05) is 19.0 Å². The van der Waals surface area contributed by atoms with Crippen molar-refractivity contribution in [3.8, 4) is 0 Å². The van der Waals surface area contributed by atoms with Gasteiger partial charge in [-0.15, -0.1) is 0 Å². The van der Waals surface area contributed by atoms with Crippen LogP contribution in [0.3, 0.4) is 0 Å². The average molecular weight is 209 g/mol. The number of hydrogen-bond donors (Lipinski definition) is 1. The number of aromatic nitrogens is 1. The molecule has 0 unspecified atom stereocenters. The molecule has 1 fully saturated rings. The van der Waals surface area contributed by atoms with Crippen LogP contribution in [0.1, 0.15) is 28.2 Å². The van der Waals surface area contributed by atoms with Crippen molar-refractivity contribution in [1.82, 2.24) is 9.88 Å². The van der Waals surface area contributed by atoms with Gasteiger partial charge in [-0.2, -0.15) is 0 Å². The van der Waals surface area contributed by atoms with Crippen LogP contribution in [-0.4, -0.2) is 28.4 Å². The maximum Gasteiger partial charge on any atom is 0.266 e. The molecule has 1 aliphatic carbocycles. The molecule has 4 nitrogen and oxygen atoms in total. The summed E-state index contributed by atoms with van der Waals surface area (Å²) in [4.78, 5) is 18.9. The molecule has 1 saturated carbocycles. The van der Waals surface area contributed by atoms with Crippen LogP contribution in [0.2, 0.25) is 0 Å². The Morgan fingerprint density at radius 3 is 3.00 bits per heavy atom. The minimum Gasteiger partial charge on any atom is -0.375 e. The van der Waals surface area contributed by atoms with Crippen molar-refractivity contribution in [3.63, 3.8) is 0 Å². The summed E-state index contributed by atoms with van der Waals surface area (Å²) in [5.41, 5.74) is 6.49. The fourth-order valence-corrected chi connectivity index (χ4v) is 2.73. The Morgan fingerprint density at radius 2 is 2.29 bits per heavy atom. The van der Waals surface area contributed by atoms with Crippen LogP contribution >= 0.6 is 11.3 Å². The number of amides is 1. The average Bonchev–Trinajstić information content (AvgIpc) is 2.89. The van der Waals surface area contributed by atoms with Gasteiger partial charge in [-0.1, -0.05) is 11.3 Å². The van der Waals surface area contributed by atoms with Crippen LogP contribution in [0.25, 0.3) is 0 Å². The first-order valence-electron chi connectivity index (χ1n) is 4.82. The second-order valence-electron chi connectivity index (χ2n) is 3.81. The predicted molar refractivity (Wildman–Crippen MR) is 54.3 cm³/mol. The van der Waals surface area contributed by atoms with Crippen LogP contribution in [0.15, 0.2) is 0 Å². The normalized spacial score (nSPS) is 21.1. The van der Waals surface area contributed by atoms with E-state index in [0.717, 1.165) is 36.4 Å². The van der Waals surface area contributed by atoms with Crippen molar-refractivity contribution in [2.75, 3.05) is 12.3 Å². The number of fused-ring (bicyclic) bond motifs is 1. The van der Waals surface area contributed by atoms with Gasteiger partial charge in [-0.25, -0.2) is 4.98 Å². The zero-order valence-corrected chi connectivity index (χ0v) is 8.51. The molecule has 0 bridgehead atoms. The third-order valence-electron chi connectivity index (χ3n) is 2.75. The van der Waals surface area contributed by atoms with Crippen LogP contribution in [0.4, 0.5) is 5.13 Å². The first-order chi connectivity index (χ1) is 6.75. The van der Waals surface area contributed by atoms with Gasteiger partial charge >= 0.3 is 0 Å². The zero-order chi connectivity index (χ0) is 9.71. The highest BCUT2D eigenvalue weighted by atomic mass is 32.1. The van der Waals surface area contributed by atoms with Gasteiger partial charge in [0.15, 0.2) is 5.13 Å². The van der Waals surface area contributed by atoms with Crippen LogP contribution in [0, 0.1) is 0 Å². The molecule has 0 atom stereocenters. The second-order valence-corrected chi connectivity index (χ2v) is 4.84. The van der Waals surface area contributed by atoms with Crippen molar-refractivity contribution in [1.29, 1.82) is 0 Å². The summed E-state index contributed by atoms with van der Waals surface area (Å²) in [6.45, 7) is 0.819. The van der Waals surface area contributed by atoms with Gasteiger partial charge in [0.2, 0.25) is 0 Å². The summed E-state index contributed by atoms with van der Waals surface area (Å²) in [6, 6.07) is 0.499. The van der Waals surface area contributed by atoms with Gasteiger partial charge in [0.05, 0.1) is 5.69 Å². The van der Waals surface area contributed by atoms with E-state index >= 15 is 0 Å². The maximum atomic E-state index is 12.0. The number of carbonyl (C=O) groups is 1. The monoisotopic (exact) mass is 209 g/mol. The molecule has 1 aromatic heterocycles. The lowest BCUT2D eigenvalue weighted by atomic mass is 10.1. The third kappa shape index (κ3) is 1.12. The Hall–Kier alpha value is -1.10. The first kappa shape index (κ1) is 8.23. The summed E-state index contributed by atoms with van der Waals surface area (Å²) >= 11 is 1.32. The summed E-state index contributed by atoms with van der Waals surface area (Å²) in [6.07, 6.45) is 3.19.